The van der Waals surface area contributed by atoms with Crippen molar-refractivity contribution in [1.29, 1.82) is 0 Å². The summed E-state index contributed by atoms with van der Waals surface area (Å²) in [7, 11) is 0. The fourth-order valence-electron chi connectivity index (χ4n) is 1.96. The predicted molar refractivity (Wildman–Crippen MR) is 78.7 cm³/mol. The van der Waals surface area contributed by atoms with Gasteiger partial charge in [-0.15, -0.1) is 0 Å². The van der Waals surface area contributed by atoms with E-state index in [-0.39, 0.29) is 5.78 Å². The average Bonchev–Trinajstić information content (AvgIpc) is 2.84. The van der Waals surface area contributed by atoms with Crippen LogP contribution in [0.15, 0.2) is 47.2 Å². The Hall–Kier alpha value is -1.65. The second-order valence-corrected chi connectivity index (χ2v) is 5.35. The van der Waals surface area contributed by atoms with Crippen molar-refractivity contribution in [3.8, 4) is 0 Å². The number of nitrogens with one attached hydrogen (secondary N) is 1. The number of hydrogen-bond acceptors (Lipinski definition) is 2. The first-order chi connectivity index (χ1) is 9.16. The number of carbonyl (C=O) groups excluding carboxylic acids is 1. The van der Waals surface area contributed by atoms with Gasteiger partial charge in [-0.25, -0.2) is 4.98 Å². The summed E-state index contributed by atoms with van der Waals surface area (Å²) in [5.74, 6) is -0.0892. The van der Waals surface area contributed by atoms with Crippen molar-refractivity contribution in [3.05, 3.63) is 63.3 Å². The van der Waals surface area contributed by atoms with Crippen LogP contribution in [0.2, 0.25) is 5.02 Å². The summed E-state index contributed by atoms with van der Waals surface area (Å²) in [5, 5.41) is 1.34. The largest absolute Gasteiger partial charge is 0.345 e. The molecule has 2 heterocycles. The zero-order valence-electron chi connectivity index (χ0n) is 9.65. The minimum absolute atomic E-state index is 0.0892. The molecule has 0 unspecified atom stereocenters. The Kier molecular flexibility index (Phi) is 3.12. The smallest absolute Gasteiger partial charge is 0.196 e. The van der Waals surface area contributed by atoms with E-state index >= 15 is 0 Å². The number of fused-ring (bicyclic) bond motifs is 1. The van der Waals surface area contributed by atoms with Gasteiger partial charge in [0, 0.05) is 38.4 Å². The zero-order valence-corrected chi connectivity index (χ0v) is 12.0. The van der Waals surface area contributed by atoms with Gasteiger partial charge in [-0.2, -0.15) is 0 Å². The van der Waals surface area contributed by atoms with Crippen LogP contribution in [0.4, 0.5) is 0 Å². The van der Waals surface area contributed by atoms with Gasteiger partial charge in [0.15, 0.2) is 5.78 Å². The lowest BCUT2D eigenvalue weighted by Gasteiger charge is -2.03. The van der Waals surface area contributed by atoms with Crippen molar-refractivity contribution in [2.75, 3.05) is 0 Å². The van der Waals surface area contributed by atoms with Crippen molar-refractivity contribution < 1.29 is 4.79 Å². The molecular formula is C14H8BrClN2O. The lowest BCUT2D eigenvalue weighted by atomic mass is 10.0. The van der Waals surface area contributed by atoms with E-state index in [0.717, 1.165) is 9.86 Å². The van der Waals surface area contributed by atoms with Gasteiger partial charge in [0.05, 0.1) is 0 Å². The van der Waals surface area contributed by atoms with E-state index in [1.807, 2.05) is 6.07 Å². The predicted octanol–water partition coefficient (Wildman–Crippen LogP) is 4.21. The lowest BCUT2D eigenvalue weighted by Crippen LogP contribution is -2.01. The highest BCUT2D eigenvalue weighted by molar-refractivity contribution is 9.10. The molecule has 1 N–H and O–H groups in total. The fourth-order valence-corrected chi connectivity index (χ4v) is 2.56. The second-order valence-electron chi connectivity index (χ2n) is 4.06. The van der Waals surface area contributed by atoms with E-state index in [0.29, 0.717) is 21.8 Å². The van der Waals surface area contributed by atoms with E-state index in [1.54, 1.807) is 36.7 Å². The van der Waals surface area contributed by atoms with Crippen molar-refractivity contribution in [1.82, 2.24) is 9.97 Å². The number of rotatable bonds is 2. The molecule has 0 aliphatic rings. The van der Waals surface area contributed by atoms with Crippen molar-refractivity contribution in [2.45, 2.75) is 0 Å². The molecule has 19 heavy (non-hydrogen) atoms. The van der Waals surface area contributed by atoms with E-state index in [1.165, 1.54) is 0 Å². The van der Waals surface area contributed by atoms with Crippen LogP contribution in [0.1, 0.15) is 15.9 Å². The van der Waals surface area contributed by atoms with Crippen LogP contribution in [0.25, 0.3) is 11.0 Å². The molecule has 0 saturated heterocycles. The number of nitrogens with zero attached hydrogens (tertiary/aromatic N) is 1. The maximum atomic E-state index is 12.6. The second kappa shape index (κ2) is 4.79. The first-order valence-electron chi connectivity index (χ1n) is 5.58. The van der Waals surface area contributed by atoms with E-state index < -0.39 is 0 Å². The Morgan fingerprint density at radius 3 is 2.95 bits per heavy atom. The van der Waals surface area contributed by atoms with Gasteiger partial charge in [0.1, 0.15) is 5.65 Å². The molecule has 3 aromatic rings. The van der Waals surface area contributed by atoms with Crippen LogP contribution in [-0.4, -0.2) is 15.8 Å². The van der Waals surface area contributed by atoms with Crippen LogP contribution < -0.4 is 0 Å². The number of H-pyrrole nitrogens is 1. The number of aromatic nitrogens is 2. The SMILES string of the molecule is O=C(c1cc(Cl)ccc1Br)c1c[nH]c2ncccc12. The Morgan fingerprint density at radius 1 is 1.26 bits per heavy atom. The average molecular weight is 336 g/mol. The number of benzene rings is 1. The van der Waals surface area contributed by atoms with Gasteiger partial charge in [0.25, 0.3) is 0 Å². The molecule has 0 spiro atoms. The molecule has 0 aliphatic carbocycles. The number of halogens is 2. The fraction of sp³-hybridized carbons (Fsp3) is 0. The van der Waals surface area contributed by atoms with Crippen LogP contribution in [0, 0.1) is 0 Å². The Labute approximate surface area is 122 Å². The molecule has 5 heteroatoms. The third-order valence-corrected chi connectivity index (χ3v) is 3.80. The molecule has 0 aliphatic heterocycles. The highest BCUT2D eigenvalue weighted by Gasteiger charge is 2.17. The van der Waals surface area contributed by atoms with Gasteiger partial charge >= 0.3 is 0 Å². The third kappa shape index (κ3) is 2.17. The van der Waals surface area contributed by atoms with Crippen LogP contribution in [0.3, 0.4) is 0 Å². The number of aromatic amines is 1. The van der Waals surface area contributed by atoms with Crippen molar-refractivity contribution >= 4 is 44.3 Å². The molecule has 3 rings (SSSR count). The Bertz CT molecular complexity index is 782. The molecule has 0 bridgehead atoms. The number of ketones is 1. The third-order valence-electron chi connectivity index (χ3n) is 2.87. The Morgan fingerprint density at radius 2 is 2.11 bits per heavy atom. The zero-order chi connectivity index (χ0) is 13.4. The van der Waals surface area contributed by atoms with Gasteiger partial charge in [-0.3, -0.25) is 4.79 Å². The summed E-state index contributed by atoms with van der Waals surface area (Å²) in [6, 6.07) is 8.83. The molecule has 2 aromatic heterocycles. The van der Waals surface area contributed by atoms with E-state index in [4.69, 9.17) is 11.6 Å². The van der Waals surface area contributed by atoms with Gasteiger partial charge in [-0.05, 0) is 30.3 Å². The number of carbonyl (C=O) groups is 1. The van der Waals surface area contributed by atoms with Crippen LogP contribution in [0.5, 0.6) is 0 Å². The normalized spacial score (nSPS) is 10.8. The van der Waals surface area contributed by atoms with Crippen molar-refractivity contribution in [3.63, 3.8) is 0 Å². The molecule has 0 amide bonds. The molecule has 3 nitrogen and oxygen atoms in total. The Balaban J connectivity index is 2.16. The highest BCUT2D eigenvalue weighted by atomic mass is 79.9. The maximum absolute atomic E-state index is 12.6. The molecule has 0 fully saturated rings. The summed E-state index contributed by atoms with van der Waals surface area (Å²) in [4.78, 5) is 19.7. The summed E-state index contributed by atoms with van der Waals surface area (Å²) < 4.78 is 0.722. The molecule has 0 saturated carbocycles. The lowest BCUT2D eigenvalue weighted by molar-refractivity contribution is 0.103. The first kappa shape index (κ1) is 12.4. The number of hydrogen-bond donors (Lipinski definition) is 1. The number of pyridine rings is 1. The van der Waals surface area contributed by atoms with Crippen LogP contribution in [-0.2, 0) is 0 Å². The molecule has 94 valence electrons. The maximum Gasteiger partial charge on any atom is 0.196 e. The van der Waals surface area contributed by atoms with Crippen molar-refractivity contribution in [2.24, 2.45) is 0 Å². The monoisotopic (exact) mass is 334 g/mol. The highest BCUT2D eigenvalue weighted by Crippen LogP contribution is 2.26. The summed E-state index contributed by atoms with van der Waals surface area (Å²) in [6.07, 6.45) is 3.36. The topological polar surface area (TPSA) is 45.8 Å². The quantitative estimate of drug-likeness (QED) is 0.713. The molecule has 1 aromatic carbocycles. The minimum Gasteiger partial charge on any atom is -0.345 e. The summed E-state index contributed by atoms with van der Waals surface area (Å²) in [5.41, 5.74) is 1.83. The molecular weight excluding hydrogens is 328 g/mol. The molecule has 0 radical (unpaired) electrons. The summed E-state index contributed by atoms with van der Waals surface area (Å²) >= 11 is 9.32. The van der Waals surface area contributed by atoms with Gasteiger partial charge < -0.3 is 4.98 Å². The summed E-state index contributed by atoms with van der Waals surface area (Å²) in [6.45, 7) is 0. The van der Waals surface area contributed by atoms with E-state index in [2.05, 4.69) is 25.9 Å². The van der Waals surface area contributed by atoms with Gasteiger partial charge in [0.2, 0.25) is 0 Å². The standard InChI is InChI=1S/C14H8BrClN2O/c15-12-4-3-8(16)6-10(12)13(19)11-7-18-14-9(11)2-1-5-17-14/h1-7H,(H,17,18). The molecule has 0 atom stereocenters. The van der Waals surface area contributed by atoms with E-state index in [9.17, 15) is 4.79 Å². The van der Waals surface area contributed by atoms with Gasteiger partial charge in [-0.1, -0.05) is 27.5 Å². The van der Waals surface area contributed by atoms with Crippen LogP contribution >= 0.6 is 27.5 Å². The minimum atomic E-state index is -0.0892. The first-order valence-corrected chi connectivity index (χ1v) is 6.76.